The molecule has 1 aliphatic heterocycles. The minimum atomic E-state index is -4.77. The van der Waals surface area contributed by atoms with Crippen molar-refractivity contribution in [3.63, 3.8) is 0 Å². The second-order valence-corrected chi connectivity index (χ2v) is 9.98. The number of sulfonamides is 1. The Morgan fingerprint density at radius 2 is 1.67 bits per heavy atom. The molecule has 2 aromatic rings. The quantitative estimate of drug-likeness (QED) is 0.581. The highest BCUT2D eigenvalue weighted by atomic mass is 32.2. The van der Waals surface area contributed by atoms with Gasteiger partial charge in [0.1, 0.15) is 0 Å². The van der Waals surface area contributed by atoms with E-state index in [1.807, 2.05) is 37.4 Å². The molecular weight excluding hydrogens is 455 g/mol. The molecule has 0 spiro atoms. The Morgan fingerprint density at radius 3 is 2.30 bits per heavy atom. The van der Waals surface area contributed by atoms with Gasteiger partial charge in [-0.2, -0.15) is 17.5 Å². The smallest absolute Gasteiger partial charge is 0.375 e. The Balaban J connectivity index is 1.49. The number of para-hydroxylation sites is 1. The number of halogens is 3. The zero-order valence-corrected chi connectivity index (χ0v) is 19.2. The number of carbonyl (C=O) groups excluding carboxylic acids is 1. The molecule has 0 radical (unpaired) electrons. The SMILES string of the molecule is CN(CCCNC(=O)C1CCN(S(=O)(=O)c2ccccc2C(F)(F)F)CC1)c1ccccc1. The highest BCUT2D eigenvalue weighted by Gasteiger charge is 2.40. The second-order valence-electron chi connectivity index (χ2n) is 8.07. The lowest BCUT2D eigenvalue weighted by molar-refractivity contribution is -0.139. The van der Waals surface area contributed by atoms with Gasteiger partial charge in [0, 0.05) is 44.8 Å². The number of benzene rings is 2. The summed E-state index contributed by atoms with van der Waals surface area (Å²) in [5, 5.41) is 2.89. The molecule has 180 valence electrons. The molecule has 1 heterocycles. The van der Waals surface area contributed by atoms with Gasteiger partial charge in [0.05, 0.1) is 10.5 Å². The van der Waals surface area contributed by atoms with Crippen molar-refractivity contribution in [2.24, 2.45) is 5.92 Å². The minimum absolute atomic E-state index is 0.00333. The number of nitrogens with zero attached hydrogens (tertiary/aromatic N) is 2. The van der Waals surface area contributed by atoms with Crippen molar-refractivity contribution in [2.75, 3.05) is 38.1 Å². The number of amides is 1. The van der Waals surface area contributed by atoms with Crippen LogP contribution in [0.1, 0.15) is 24.8 Å². The van der Waals surface area contributed by atoms with Crippen LogP contribution in [0.2, 0.25) is 0 Å². The van der Waals surface area contributed by atoms with E-state index in [-0.39, 0.29) is 37.8 Å². The van der Waals surface area contributed by atoms with Crippen LogP contribution in [0.4, 0.5) is 18.9 Å². The van der Waals surface area contributed by atoms with Crippen LogP contribution < -0.4 is 10.2 Å². The first-order valence-corrected chi connectivity index (χ1v) is 12.2. The van der Waals surface area contributed by atoms with Crippen LogP contribution in [0.15, 0.2) is 59.5 Å². The van der Waals surface area contributed by atoms with Crippen LogP contribution in [-0.2, 0) is 21.0 Å². The first-order valence-electron chi connectivity index (χ1n) is 10.8. The van der Waals surface area contributed by atoms with Gasteiger partial charge in [0.15, 0.2) is 0 Å². The summed E-state index contributed by atoms with van der Waals surface area (Å²) in [5.41, 5.74) is -0.0881. The van der Waals surface area contributed by atoms with Crippen molar-refractivity contribution in [1.29, 1.82) is 0 Å². The highest BCUT2D eigenvalue weighted by Crippen LogP contribution is 2.36. The van der Waals surface area contributed by atoms with Gasteiger partial charge in [-0.15, -0.1) is 0 Å². The Labute approximate surface area is 192 Å². The molecule has 10 heteroatoms. The van der Waals surface area contributed by atoms with Crippen molar-refractivity contribution in [2.45, 2.75) is 30.3 Å². The number of alkyl halides is 3. The molecule has 1 aliphatic rings. The third-order valence-corrected chi connectivity index (χ3v) is 7.76. The molecule has 2 aromatic carbocycles. The number of carbonyl (C=O) groups is 1. The predicted molar refractivity (Wildman–Crippen MR) is 120 cm³/mol. The van der Waals surface area contributed by atoms with Gasteiger partial charge in [-0.25, -0.2) is 8.42 Å². The van der Waals surface area contributed by atoms with Gasteiger partial charge >= 0.3 is 6.18 Å². The van der Waals surface area contributed by atoms with Gasteiger partial charge in [-0.3, -0.25) is 4.79 Å². The maximum atomic E-state index is 13.3. The fourth-order valence-electron chi connectivity index (χ4n) is 3.91. The first kappa shape index (κ1) is 25.0. The zero-order valence-electron chi connectivity index (χ0n) is 18.4. The van der Waals surface area contributed by atoms with E-state index in [1.165, 1.54) is 6.07 Å². The van der Waals surface area contributed by atoms with Gasteiger partial charge in [-0.05, 0) is 43.5 Å². The van der Waals surface area contributed by atoms with E-state index in [9.17, 15) is 26.4 Å². The van der Waals surface area contributed by atoms with E-state index in [1.54, 1.807) is 0 Å². The molecule has 0 unspecified atom stereocenters. The summed E-state index contributed by atoms with van der Waals surface area (Å²) in [6, 6.07) is 14.1. The number of nitrogens with one attached hydrogen (secondary N) is 1. The second kappa shape index (κ2) is 10.6. The summed E-state index contributed by atoms with van der Waals surface area (Å²) in [7, 11) is -2.33. The standard InChI is InChI=1S/C23H28F3N3O3S/c1-28(19-8-3-2-4-9-19)15-7-14-27-22(30)18-12-16-29(17-13-18)33(31,32)21-11-6-5-10-20(21)23(24,25)26/h2-6,8-11,18H,7,12-17H2,1H3,(H,27,30). The number of hydrogen-bond donors (Lipinski definition) is 1. The van der Waals surface area contributed by atoms with Crippen LogP contribution in [-0.4, -0.2) is 51.9 Å². The molecule has 1 amide bonds. The zero-order chi connectivity index (χ0) is 24.1. The summed E-state index contributed by atoms with van der Waals surface area (Å²) in [4.78, 5) is 13.8. The lowest BCUT2D eigenvalue weighted by Crippen LogP contribution is -2.43. The third-order valence-electron chi connectivity index (χ3n) is 5.80. The molecule has 6 nitrogen and oxygen atoms in total. The number of piperidine rings is 1. The van der Waals surface area contributed by atoms with Crippen LogP contribution in [0.3, 0.4) is 0 Å². The number of hydrogen-bond acceptors (Lipinski definition) is 4. The average Bonchev–Trinajstić information content (AvgIpc) is 2.81. The fourth-order valence-corrected chi connectivity index (χ4v) is 5.59. The van der Waals surface area contributed by atoms with E-state index in [0.717, 1.165) is 41.2 Å². The number of rotatable bonds is 8. The normalized spacial score (nSPS) is 15.9. The molecular formula is C23H28F3N3O3S. The maximum Gasteiger partial charge on any atom is 0.417 e. The molecule has 0 aliphatic carbocycles. The first-order chi connectivity index (χ1) is 15.6. The van der Waals surface area contributed by atoms with Crippen LogP contribution in [0.5, 0.6) is 0 Å². The lowest BCUT2D eigenvalue weighted by atomic mass is 9.97. The summed E-state index contributed by atoms with van der Waals surface area (Å²) >= 11 is 0. The van der Waals surface area contributed by atoms with Gasteiger partial charge in [0.2, 0.25) is 15.9 Å². The molecule has 1 fully saturated rings. The summed E-state index contributed by atoms with van der Waals surface area (Å²) in [6.45, 7) is 1.26. The largest absolute Gasteiger partial charge is 0.417 e. The lowest BCUT2D eigenvalue weighted by Gasteiger charge is -2.31. The summed E-state index contributed by atoms with van der Waals surface area (Å²) < 4.78 is 66.5. The number of anilines is 1. The van der Waals surface area contributed by atoms with Gasteiger partial charge < -0.3 is 10.2 Å². The van der Waals surface area contributed by atoms with Crippen molar-refractivity contribution in [3.8, 4) is 0 Å². The molecule has 1 N–H and O–H groups in total. The Morgan fingerprint density at radius 1 is 1.06 bits per heavy atom. The molecule has 0 bridgehead atoms. The molecule has 33 heavy (non-hydrogen) atoms. The van der Waals surface area contributed by atoms with Crippen molar-refractivity contribution in [3.05, 3.63) is 60.2 Å². The van der Waals surface area contributed by atoms with E-state index in [4.69, 9.17) is 0 Å². The van der Waals surface area contributed by atoms with E-state index in [0.29, 0.717) is 6.54 Å². The van der Waals surface area contributed by atoms with Gasteiger partial charge in [-0.1, -0.05) is 30.3 Å². The molecule has 1 saturated heterocycles. The Bertz CT molecular complexity index is 1040. The van der Waals surface area contributed by atoms with Gasteiger partial charge in [0.25, 0.3) is 0 Å². The molecule has 0 saturated carbocycles. The van der Waals surface area contributed by atoms with Crippen molar-refractivity contribution in [1.82, 2.24) is 9.62 Å². The fraction of sp³-hybridized carbons (Fsp3) is 0.435. The molecule has 3 rings (SSSR count). The predicted octanol–water partition coefficient (Wildman–Crippen LogP) is 3.75. The molecule has 0 atom stereocenters. The summed E-state index contributed by atoms with van der Waals surface area (Å²) in [6.07, 6.45) is -3.48. The summed E-state index contributed by atoms with van der Waals surface area (Å²) in [5.74, 6) is -0.508. The van der Waals surface area contributed by atoms with Crippen LogP contribution >= 0.6 is 0 Å². The molecule has 0 aromatic heterocycles. The van der Waals surface area contributed by atoms with Crippen molar-refractivity contribution >= 4 is 21.6 Å². The maximum absolute atomic E-state index is 13.3. The Kier molecular flexibility index (Phi) is 8.01. The third kappa shape index (κ3) is 6.26. The monoisotopic (exact) mass is 483 g/mol. The highest BCUT2D eigenvalue weighted by molar-refractivity contribution is 7.89. The topological polar surface area (TPSA) is 69.7 Å². The van der Waals surface area contributed by atoms with Crippen LogP contribution in [0, 0.1) is 5.92 Å². The van der Waals surface area contributed by atoms with E-state index >= 15 is 0 Å². The minimum Gasteiger partial charge on any atom is -0.375 e. The van der Waals surface area contributed by atoms with E-state index < -0.39 is 26.7 Å². The van der Waals surface area contributed by atoms with Crippen LogP contribution in [0.25, 0.3) is 0 Å². The Hall–Kier alpha value is -2.59. The van der Waals surface area contributed by atoms with Crippen molar-refractivity contribution < 1.29 is 26.4 Å². The average molecular weight is 484 g/mol. The van der Waals surface area contributed by atoms with E-state index in [2.05, 4.69) is 10.2 Å².